The molecule has 0 saturated carbocycles. The van der Waals surface area contributed by atoms with Crippen molar-refractivity contribution in [1.82, 2.24) is 9.55 Å². The molecule has 0 aromatic carbocycles. The molecule has 2 rings (SSSR count). The van der Waals surface area contributed by atoms with E-state index in [0.29, 0.717) is 0 Å². The summed E-state index contributed by atoms with van der Waals surface area (Å²) in [5.74, 6) is -0.964. The Morgan fingerprint density at radius 2 is 1.77 bits per heavy atom. The van der Waals surface area contributed by atoms with Gasteiger partial charge < -0.3 is 33.5 Å². The van der Waals surface area contributed by atoms with Gasteiger partial charge in [0, 0.05) is 32.5 Å². The molecule has 13 heteroatoms. The quantitative estimate of drug-likeness (QED) is 0.221. The van der Waals surface area contributed by atoms with Gasteiger partial charge in [-0.3, -0.25) is 23.9 Å². The van der Waals surface area contributed by atoms with Gasteiger partial charge in [-0.05, 0) is 0 Å². The Kier molecular flexibility index (Phi) is 9.81. The number of esters is 2. The number of nitrogens with zero attached hydrogens (tertiary/aromatic N) is 1. The maximum atomic E-state index is 12.2. The maximum Gasteiger partial charge on any atom is 0.330 e. The zero-order chi connectivity index (χ0) is 22.8. The first-order valence-corrected chi connectivity index (χ1v) is 9.53. The highest BCUT2D eigenvalue weighted by Gasteiger charge is 2.39. The molecule has 2 N–H and O–H groups in total. The molecule has 3 atom stereocenters. The topological polar surface area (TPSA) is 165 Å². The molecule has 0 amide bonds. The summed E-state index contributed by atoms with van der Waals surface area (Å²) in [7, 11) is 0. The largest absolute Gasteiger partial charge is 0.463 e. The summed E-state index contributed by atoms with van der Waals surface area (Å²) in [5.41, 5.74) is -1.29. The second-order valence-corrected chi connectivity index (χ2v) is 6.47. The summed E-state index contributed by atoms with van der Waals surface area (Å²) in [4.78, 5) is 47.4. The summed E-state index contributed by atoms with van der Waals surface area (Å²) in [5, 5.41) is 9.46. The van der Waals surface area contributed by atoms with Crippen LogP contribution in [0.5, 0.6) is 0 Å². The molecule has 0 spiro atoms. The number of aliphatic hydroxyl groups excluding tert-OH is 1. The van der Waals surface area contributed by atoms with Crippen molar-refractivity contribution in [3.8, 4) is 0 Å². The predicted molar refractivity (Wildman–Crippen MR) is 101 cm³/mol. The monoisotopic (exact) mass is 446 g/mol. The van der Waals surface area contributed by atoms with Crippen molar-refractivity contribution in [1.29, 1.82) is 0 Å². The van der Waals surface area contributed by atoms with Gasteiger partial charge in [-0.15, -0.1) is 0 Å². The van der Waals surface area contributed by atoms with Gasteiger partial charge >= 0.3 is 17.6 Å². The third-order valence-electron chi connectivity index (χ3n) is 4.05. The summed E-state index contributed by atoms with van der Waals surface area (Å²) in [6.07, 6.45) is -0.952. The Labute approximate surface area is 176 Å². The van der Waals surface area contributed by atoms with Crippen LogP contribution < -0.4 is 11.2 Å². The van der Waals surface area contributed by atoms with Crippen molar-refractivity contribution in [3.63, 3.8) is 0 Å². The van der Waals surface area contributed by atoms with Crippen LogP contribution in [0.4, 0.5) is 0 Å². The van der Waals surface area contributed by atoms with E-state index in [1.807, 2.05) is 0 Å². The third-order valence-corrected chi connectivity index (χ3v) is 4.05. The Hall–Kier alpha value is -2.58. The second-order valence-electron chi connectivity index (χ2n) is 6.47. The van der Waals surface area contributed by atoms with Gasteiger partial charge in [0.15, 0.2) is 6.23 Å². The van der Waals surface area contributed by atoms with Crippen molar-refractivity contribution >= 4 is 11.9 Å². The lowest BCUT2D eigenvalue weighted by Gasteiger charge is -2.26. The first-order chi connectivity index (χ1) is 14.8. The van der Waals surface area contributed by atoms with Crippen LogP contribution in [0, 0.1) is 0 Å². The fourth-order valence-corrected chi connectivity index (χ4v) is 2.76. The van der Waals surface area contributed by atoms with E-state index < -0.39 is 48.1 Å². The van der Waals surface area contributed by atoms with Crippen LogP contribution in [0.3, 0.4) is 0 Å². The summed E-state index contributed by atoms with van der Waals surface area (Å²) in [6.45, 7) is 0.688. The van der Waals surface area contributed by atoms with E-state index in [0.717, 1.165) is 10.6 Å². The van der Waals surface area contributed by atoms with Crippen molar-refractivity contribution < 1.29 is 43.1 Å². The van der Waals surface area contributed by atoms with Gasteiger partial charge in [-0.25, -0.2) is 4.79 Å². The average Bonchev–Trinajstić information content (AvgIpc) is 3.10. The van der Waals surface area contributed by atoms with Gasteiger partial charge in [0.05, 0.1) is 25.9 Å². The van der Waals surface area contributed by atoms with Gasteiger partial charge in [0.25, 0.3) is 12.0 Å². The number of carbonyl (C=O) groups is 2. The number of hydrogen-bond acceptors (Lipinski definition) is 11. The molecule has 0 aliphatic carbocycles. The van der Waals surface area contributed by atoms with E-state index in [9.17, 15) is 24.3 Å². The van der Waals surface area contributed by atoms with Crippen LogP contribution in [-0.4, -0.2) is 78.3 Å². The van der Waals surface area contributed by atoms with E-state index in [2.05, 4.69) is 4.98 Å². The molecule has 1 unspecified atom stereocenters. The molecule has 13 nitrogen and oxygen atoms in total. The smallest absolute Gasteiger partial charge is 0.330 e. The van der Waals surface area contributed by atoms with Crippen LogP contribution in [0.1, 0.15) is 26.5 Å². The Morgan fingerprint density at radius 3 is 2.29 bits per heavy atom. The molecule has 1 aliphatic heterocycles. The van der Waals surface area contributed by atoms with Gasteiger partial charge in [-0.2, -0.15) is 0 Å². The van der Waals surface area contributed by atoms with Crippen molar-refractivity contribution in [2.24, 2.45) is 0 Å². The lowest BCUT2D eigenvalue weighted by molar-refractivity contribution is -0.315. The molecule has 0 bridgehead atoms. The number of H-pyrrole nitrogens is 1. The number of rotatable bonds is 12. The summed E-state index contributed by atoms with van der Waals surface area (Å²) in [6, 6.07) is 1.15. The number of aromatic amines is 1. The van der Waals surface area contributed by atoms with E-state index in [1.54, 1.807) is 0 Å². The van der Waals surface area contributed by atoms with Crippen LogP contribution in [0.2, 0.25) is 0 Å². The highest BCUT2D eigenvalue weighted by atomic mass is 16.9. The molecular formula is C18H26N2O11. The molecule has 0 radical (unpaired) electrons. The van der Waals surface area contributed by atoms with Crippen molar-refractivity contribution in [3.05, 3.63) is 33.1 Å². The standard InChI is InChI=1S/C18H26N2O11/c1-11(22)26-5-7-28-18(29-8-6-27-12(2)23)31-14-9-13(10-21)30-16(14)20-4-3-15(24)19-17(20)25/h3-4,13-14,16,18,21H,5-10H2,1-2H3,(H,19,24,25)/t13-,14?,16+/m0/s1. The van der Waals surface area contributed by atoms with E-state index in [-0.39, 0.29) is 39.5 Å². The molecule has 1 aromatic rings. The van der Waals surface area contributed by atoms with Gasteiger partial charge in [0.2, 0.25) is 0 Å². The number of ether oxygens (including phenoxy) is 6. The number of nitrogens with one attached hydrogen (secondary N) is 1. The second kappa shape index (κ2) is 12.3. The summed E-state index contributed by atoms with van der Waals surface area (Å²) < 4.78 is 33.0. The Bertz CT molecular complexity index is 814. The number of aromatic nitrogens is 2. The zero-order valence-electron chi connectivity index (χ0n) is 17.2. The minimum Gasteiger partial charge on any atom is -0.463 e. The first kappa shape index (κ1) is 24.7. The zero-order valence-corrected chi connectivity index (χ0v) is 17.2. The molecular weight excluding hydrogens is 420 g/mol. The van der Waals surface area contributed by atoms with Crippen molar-refractivity contribution in [2.75, 3.05) is 33.0 Å². The minimum atomic E-state index is -1.28. The SMILES string of the molecule is CC(=O)OCCOC(OCCOC(C)=O)OC1C[C@@H](CO)O[C@H]1n1ccc(=O)[nH]c1=O. The normalized spacial score (nSPS) is 20.7. The average molecular weight is 446 g/mol. The minimum absolute atomic E-state index is 0.0499. The molecule has 174 valence electrons. The van der Waals surface area contributed by atoms with Crippen molar-refractivity contribution in [2.45, 2.75) is 45.2 Å². The molecule has 31 heavy (non-hydrogen) atoms. The molecule has 1 fully saturated rings. The van der Waals surface area contributed by atoms with Crippen LogP contribution in [-0.2, 0) is 38.0 Å². The third kappa shape index (κ3) is 8.22. The molecule has 1 aromatic heterocycles. The fraction of sp³-hybridized carbons (Fsp3) is 0.667. The Balaban J connectivity index is 2.07. The van der Waals surface area contributed by atoms with Crippen LogP contribution in [0.25, 0.3) is 0 Å². The molecule has 1 aliphatic rings. The molecule has 1 saturated heterocycles. The number of aliphatic hydroxyl groups is 1. The predicted octanol–water partition coefficient (Wildman–Crippen LogP) is -1.36. The van der Waals surface area contributed by atoms with E-state index in [4.69, 9.17) is 28.4 Å². The van der Waals surface area contributed by atoms with E-state index in [1.165, 1.54) is 20.0 Å². The molecule has 2 heterocycles. The number of hydrogen-bond donors (Lipinski definition) is 2. The van der Waals surface area contributed by atoms with E-state index >= 15 is 0 Å². The fourth-order valence-electron chi connectivity index (χ4n) is 2.76. The highest BCUT2D eigenvalue weighted by molar-refractivity contribution is 5.66. The van der Waals surface area contributed by atoms with Crippen LogP contribution >= 0.6 is 0 Å². The lowest BCUT2D eigenvalue weighted by atomic mass is 10.2. The first-order valence-electron chi connectivity index (χ1n) is 9.53. The van der Waals surface area contributed by atoms with Crippen LogP contribution in [0.15, 0.2) is 21.9 Å². The Morgan fingerprint density at radius 1 is 1.16 bits per heavy atom. The highest BCUT2D eigenvalue weighted by Crippen LogP contribution is 2.31. The van der Waals surface area contributed by atoms with Gasteiger partial charge in [0.1, 0.15) is 19.3 Å². The summed E-state index contributed by atoms with van der Waals surface area (Å²) >= 11 is 0. The number of carbonyl (C=O) groups excluding carboxylic acids is 2. The lowest BCUT2D eigenvalue weighted by Crippen LogP contribution is -2.38. The maximum absolute atomic E-state index is 12.2. The van der Waals surface area contributed by atoms with Gasteiger partial charge in [-0.1, -0.05) is 0 Å².